The van der Waals surface area contributed by atoms with Crippen LogP contribution >= 0.6 is 0 Å². The van der Waals surface area contributed by atoms with Gasteiger partial charge in [0, 0.05) is 22.6 Å². The zero-order valence-electron chi connectivity index (χ0n) is 21.5. The summed E-state index contributed by atoms with van der Waals surface area (Å²) in [5.74, 6) is -1.82. The fourth-order valence-corrected chi connectivity index (χ4v) is 5.25. The molecule has 2 amide bonds. The number of carboxylic acid groups (broad SMARTS) is 1. The van der Waals surface area contributed by atoms with E-state index in [2.05, 4.69) is 10.2 Å². The van der Waals surface area contributed by atoms with Gasteiger partial charge in [-0.2, -0.15) is 0 Å². The number of hydrogen-bond acceptors (Lipinski definition) is 4. The second-order valence-corrected chi connectivity index (χ2v) is 9.16. The van der Waals surface area contributed by atoms with Crippen LogP contribution in [0.1, 0.15) is 59.3 Å². The standard InChI is InChI=1S/C29H32N4O4/c1-5-32(6-2)26(16-25(30)34)33-18(4)27(29(36)37)17(3)24(33)15-22-21-14-20(19-10-8-7-9-11-19)12-13-23(21)31-28(22)35/h7-15,26H,5-6,16H2,1-4H3,(H2,30,34)(H,31,35)(H,36,37). The van der Waals surface area contributed by atoms with E-state index in [0.29, 0.717) is 41.3 Å². The Morgan fingerprint density at radius 2 is 1.76 bits per heavy atom. The topological polar surface area (TPSA) is 118 Å². The van der Waals surface area contributed by atoms with Gasteiger partial charge in [-0.15, -0.1) is 0 Å². The fourth-order valence-electron chi connectivity index (χ4n) is 5.25. The highest BCUT2D eigenvalue weighted by Crippen LogP contribution is 2.38. The van der Waals surface area contributed by atoms with Crippen molar-refractivity contribution in [2.45, 2.75) is 40.3 Å². The lowest BCUT2D eigenvalue weighted by molar-refractivity contribution is -0.120. The van der Waals surface area contributed by atoms with Crippen molar-refractivity contribution in [3.8, 4) is 11.1 Å². The van der Waals surface area contributed by atoms with Gasteiger partial charge in [0.15, 0.2) is 0 Å². The van der Waals surface area contributed by atoms with Gasteiger partial charge in [-0.1, -0.05) is 50.2 Å². The molecule has 2 heterocycles. The van der Waals surface area contributed by atoms with E-state index in [1.54, 1.807) is 19.9 Å². The minimum Gasteiger partial charge on any atom is -0.478 e. The van der Waals surface area contributed by atoms with Crippen LogP contribution in [-0.2, 0) is 9.59 Å². The number of carbonyl (C=O) groups excluding carboxylic acids is 2. The molecular weight excluding hydrogens is 468 g/mol. The third kappa shape index (κ3) is 4.80. The number of nitrogens with two attached hydrogens (primary N) is 1. The van der Waals surface area contributed by atoms with Gasteiger partial charge < -0.3 is 20.7 Å². The number of benzene rings is 2. The van der Waals surface area contributed by atoms with E-state index in [1.807, 2.05) is 66.9 Å². The highest BCUT2D eigenvalue weighted by atomic mass is 16.4. The van der Waals surface area contributed by atoms with Crippen LogP contribution in [0.3, 0.4) is 0 Å². The molecule has 1 aliphatic rings. The van der Waals surface area contributed by atoms with Gasteiger partial charge in [-0.05, 0) is 61.8 Å². The molecule has 0 radical (unpaired) electrons. The Morgan fingerprint density at radius 1 is 1.08 bits per heavy atom. The minimum absolute atomic E-state index is 0.00676. The summed E-state index contributed by atoms with van der Waals surface area (Å²) in [5, 5.41) is 12.9. The molecule has 1 aliphatic heterocycles. The summed E-state index contributed by atoms with van der Waals surface area (Å²) in [5.41, 5.74) is 11.2. The molecule has 0 bridgehead atoms. The monoisotopic (exact) mass is 500 g/mol. The Labute approximate surface area is 216 Å². The first kappa shape index (κ1) is 25.9. The van der Waals surface area contributed by atoms with Crippen LogP contribution in [0, 0.1) is 13.8 Å². The van der Waals surface area contributed by atoms with E-state index in [0.717, 1.165) is 16.7 Å². The number of carboxylic acids is 1. The van der Waals surface area contributed by atoms with Crippen LogP contribution in [0.4, 0.5) is 5.69 Å². The van der Waals surface area contributed by atoms with Gasteiger partial charge >= 0.3 is 5.97 Å². The Kier molecular flexibility index (Phi) is 7.31. The van der Waals surface area contributed by atoms with Crippen molar-refractivity contribution in [3.63, 3.8) is 0 Å². The quantitative estimate of drug-likeness (QED) is 0.369. The average molecular weight is 501 g/mol. The van der Waals surface area contributed by atoms with Gasteiger partial charge in [0.2, 0.25) is 5.91 Å². The molecule has 1 aromatic heterocycles. The first-order valence-electron chi connectivity index (χ1n) is 12.4. The van der Waals surface area contributed by atoms with Crippen LogP contribution in [-0.4, -0.2) is 45.4 Å². The van der Waals surface area contributed by atoms with Crippen LogP contribution in [0.15, 0.2) is 48.5 Å². The van der Waals surface area contributed by atoms with E-state index in [1.165, 1.54) is 0 Å². The van der Waals surface area contributed by atoms with Gasteiger partial charge in [-0.25, -0.2) is 4.79 Å². The van der Waals surface area contributed by atoms with E-state index in [-0.39, 0.29) is 17.9 Å². The summed E-state index contributed by atoms with van der Waals surface area (Å²) in [6.45, 7) is 8.68. The smallest absolute Gasteiger partial charge is 0.337 e. The lowest BCUT2D eigenvalue weighted by atomic mass is 9.98. The predicted molar refractivity (Wildman–Crippen MR) is 145 cm³/mol. The van der Waals surface area contributed by atoms with Gasteiger partial charge in [0.25, 0.3) is 5.91 Å². The lowest BCUT2D eigenvalue weighted by Gasteiger charge is -2.32. The summed E-state index contributed by atoms with van der Waals surface area (Å²) in [6.07, 6.45) is 1.25. The van der Waals surface area contributed by atoms with Gasteiger partial charge in [0.05, 0.1) is 23.7 Å². The number of aromatic nitrogens is 1. The fraction of sp³-hybridized carbons (Fsp3) is 0.276. The number of aromatic carboxylic acids is 1. The predicted octanol–water partition coefficient (Wildman–Crippen LogP) is 4.68. The largest absolute Gasteiger partial charge is 0.478 e. The molecule has 8 nitrogen and oxygen atoms in total. The molecule has 4 N–H and O–H groups in total. The molecule has 3 aromatic rings. The van der Waals surface area contributed by atoms with Crippen molar-refractivity contribution >= 4 is 35.1 Å². The lowest BCUT2D eigenvalue weighted by Crippen LogP contribution is -2.36. The Morgan fingerprint density at radius 3 is 2.35 bits per heavy atom. The molecule has 0 fully saturated rings. The molecule has 1 atom stereocenters. The van der Waals surface area contributed by atoms with Crippen molar-refractivity contribution in [1.29, 1.82) is 0 Å². The van der Waals surface area contributed by atoms with Crippen LogP contribution < -0.4 is 11.1 Å². The van der Waals surface area contributed by atoms with E-state index >= 15 is 0 Å². The minimum atomic E-state index is -1.06. The molecule has 4 rings (SSSR count). The molecule has 0 saturated heterocycles. The number of carbonyl (C=O) groups is 3. The zero-order chi connectivity index (χ0) is 26.9. The number of primary amides is 1. The number of fused-ring (bicyclic) bond motifs is 1. The van der Waals surface area contributed by atoms with Crippen LogP contribution in [0.2, 0.25) is 0 Å². The summed E-state index contributed by atoms with van der Waals surface area (Å²) in [6, 6.07) is 15.7. The van der Waals surface area contributed by atoms with E-state index in [4.69, 9.17) is 5.73 Å². The number of anilines is 1. The Hall–Kier alpha value is -4.17. The van der Waals surface area contributed by atoms with Crippen LogP contribution in [0.25, 0.3) is 22.8 Å². The number of amides is 2. The number of rotatable bonds is 9. The second-order valence-electron chi connectivity index (χ2n) is 9.16. The van der Waals surface area contributed by atoms with Crippen molar-refractivity contribution < 1.29 is 19.5 Å². The maximum atomic E-state index is 13.1. The summed E-state index contributed by atoms with van der Waals surface area (Å²) in [4.78, 5) is 39.5. The molecular formula is C29H32N4O4. The molecule has 2 aromatic carbocycles. The molecule has 0 saturated carbocycles. The number of nitrogens with zero attached hydrogens (tertiary/aromatic N) is 2. The first-order valence-corrected chi connectivity index (χ1v) is 12.4. The van der Waals surface area contributed by atoms with Crippen molar-refractivity contribution in [2.75, 3.05) is 18.4 Å². The molecule has 0 aliphatic carbocycles. The maximum Gasteiger partial charge on any atom is 0.337 e. The zero-order valence-corrected chi connectivity index (χ0v) is 21.5. The highest BCUT2D eigenvalue weighted by molar-refractivity contribution is 6.35. The molecule has 0 spiro atoms. The number of nitrogens with one attached hydrogen (secondary N) is 1. The normalized spacial score (nSPS) is 14.6. The van der Waals surface area contributed by atoms with Gasteiger partial charge in [0.1, 0.15) is 0 Å². The summed E-state index contributed by atoms with van der Waals surface area (Å²) < 4.78 is 1.84. The Bertz CT molecular complexity index is 1400. The average Bonchev–Trinajstić information content (AvgIpc) is 3.31. The Balaban J connectivity index is 1.95. The first-order chi connectivity index (χ1) is 17.7. The second kappa shape index (κ2) is 10.4. The number of hydrogen-bond donors (Lipinski definition) is 3. The maximum absolute atomic E-state index is 13.1. The van der Waals surface area contributed by atoms with E-state index in [9.17, 15) is 19.5 Å². The SMILES string of the molecule is CCN(CC)C(CC(N)=O)n1c(C)c(C(=O)O)c(C)c1C=C1C(=O)Nc2ccc(-c3ccccc3)cc21. The van der Waals surface area contributed by atoms with Crippen molar-refractivity contribution in [3.05, 3.63) is 76.6 Å². The third-order valence-electron chi connectivity index (χ3n) is 7.06. The molecule has 192 valence electrons. The molecule has 37 heavy (non-hydrogen) atoms. The van der Waals surface area contributed by atoms with E-state index < -0.39 is 18.0 Å². The van der Waals surface area contributed by atoms with Crippen molar-refractivity contribution in [2.24, 2.45) is 5.73 Å². The molecule has 1 unspecified atom stereocenters. The third-order valence-corrected chi connectivity index (χ3v) is 7.06. The van der Waals surface area contributed by atoms with Crippen molar-refractivity contribution in [1.82, 2.24) is 9.47 Å². The molecule has 8 heteroatoms. The van der Waals surface area contributed by atoms with Crippen LogP contribution in [0.5, 0.6) is 0 Å². The highest BCUT2D eigenvalue weighted by Gasteiger charge is 2.31. The summed E-state index contributed by atoms with van der Waals surface area (Å²) in [7, 11) is 0. The van der Waals surface area contributed by atoms with Gasteiger partial charge in [-0.3, -0.25) is 14.5 Å². The summed E-state index contributed by atoms with van der Waals surface area (Å²) >= 11 is 0.